The molecule has 0 fully saturated rings. The SMILES string of the molecule is C=C(Cl)S/C(=C\C)SNC(=O)Nc1ccc(-n2c(C)nc3ccc(C(F)(F)F)cc3c2=O)cc1. The van der Waals surface area contributed by atoms with E-state index in [1.54, 1.807) is 44.2 Å². The number of carbonyl (C=O) groups is 1. The second kappa shape index (κ2) is 10.6. The van der Waals surface area contributed by atoms with Crippen molar-refractivity contribution in [1.82, 2.24) is 14.3 Å². The Balaban J connectivity index is 1.81. The Bertz CT molecular complexity index is 1340. The number of nitrogens with one attached hydrogen (secondary N) is 2. The van der Waals surface area contributed by atoms with E-state index in [-0.39, 0.29) is 10.9 Å². The van der Waals surface area contributed by atoms with Gasteiger partial charge in [-0.3, -0.25) is 14.1 Å². The molecule has 2 N–H and O–H groups in total. The van der Waals surface area contributed by atoms with Gasteiger partial charge in [0.25, 0.3) is 5.56 Å². The summed E-state index contributed by atoms with van der Waals surface area (Å²) in [5, 5.41) is 2.50. The minimum Gasteiger partial charge on any atom is -0.307 e. The topological polar surface area (TPSA) is 76.0 Å². The molecule has 0 aliphatic rings. The van der Waals surface area contributed by atoms with E-state index in [1.165, 1.54) is 22.4 Å². The van der Waals surface area contributed by atoms with E-state index in [0.29, 0.717) is 21.6 Å². The number of nitrogens with zero attached hydrogens (tertiary/aromatic N) is 2. The first kappa shape index (κ1) is 25.7. The number of aryl methyl sites for hydroxylation is 1. The molecule has 0 radical (unpaired) electrons. The summed E-state index contributed by atoms with van der Waals surface area (Å²) in [6.07, 6.45) is -2.81. The van der Waals surface area contributed by atoms with Crippen molar-refractivity contribution >= 4 is 57.9 Å². The monoisotopic (exact) mass is 526 g/mol. The van der Waals surface area contributed by atoms with Gasteiger partial charge in [-0.25, -0.2) is 9.78 Å². The Morgan fingerprint density at radius 1 is 1.21 bits per heavy atom. The Kier molecular flexibility index (Phi) is 8.01. The first-order valence-corrected chi connectivity index (χ1v) is 11.6. The molecule has 34 heavy (non-hydrogen) atoms. The quantitative estimate of drug-likeness (QED) is 0.346. The molecule has 0 atom stereocenters. The summed E-state index contributed by atoms with van der Waals surface area (Å²) in [5.41, 5.74) is -0.538. The highest BCUT2D eigenvalue weighted by molar-refractivity contribution is 8.24. The molecule has 1 heterocycles. The molecule has 178 valence electrons. The highest BCUT2D eigenvalue weighted by Crippen LogP contribution is 2.33. The molecular formula is C22H18ClF3N4O2S2. The summed E-state index contributed by atoms with van der Waals surface area (Å²) in [6, 6.07) is 8.63. The fourth-order valence-corrected chi connectivity index (χ4v) is 4.65. The van der Waals surface area contributed by atoms with Gasteiger partial charge >= 0.3 is 12.2 Å². The number of amides is 2. The van der Waals surface area contributed by atoms with E-state index >= 15 is 0 Å². The number of urea groups is 1. The maximum atomic E-state index is 13.1. The summed E-state index contributed by atoms with van der Waals surface area (Å²) >= 11 is 8.02. The van der Waals surface area contributed by atoms with Gasteiger partial charge < -0.3 is 5.32 Å². The number of anilines is 1. The average Bonchev–Trinajstić information content (AvgIpc) is 2.76. The van der Waals surface area contributed by atoms with Gasteiger partial charge in [-0.2, -0.15) is 13.2 Å². The van der Waals surface area contributed by atoms with Crippen LogP contribution < -0.4 is 15.6 Å². The number of allylic oxidation sites excluding steroid dienone is 1. The molecule has 0 aliphatic carbocycles. The van der Waals surface area contributed by atoms with Crippen molar-refractivity contribution in [3.8, 4) is 5.69 Å². The lowest BCUT2D eigenvalue weighted by molar-refractivity contribution is -0.137. The zero-order chi connectivity index (χ0) is 25.0. The molecular weight excluding hydrogens is 509 g/mol. The van der Waals surface area contributed by atoms with Crippen LogP contribution in [0.1, 0.15) is 18.3 Å². The van der Waals surface area contributed by atoms with E-state index in [9.17, 15) is 22.8 Å². The number of hydrogen-bond acceptors (Lipinski definition) is 5. The molecule has 2 amide bonds. The number of aromatic nitrogens is 2. The standard InChI is InChI=1S/C22H18ClF3N4O2S2/c1-4-19(33-12(2)23)34-29-21(32)28-15-6-8-16(9-7-15)30-13(3)27-18-10-5-14(22(24,25)26)11-17(18)20(30)31/h4-11H,2H2,1,3H3,(H2,28,29,32)/b19-4+. The van der Waals surface area contributed by atoms with Crippen molar-refractivity contribution in [3.63, 3.8) is 0 Å². The number of fused-ring (bicyclic) bond motifs is 1. The van der Waals surface area contributed by atoms with E-state index in [4.69, 9.17) is 11.6 Å². The summed E-state index contributed by atoms with van der Waals surface area (Å²) in [7, 11) is 0. The minimum atomic E-state index is -4.58. The lowest BCUT2D eigenvalue weighted by atomic mass is 10.1. The first-order valence-electron chi connectivity index (χ1n) is 9.63. The van der Waals surface area contributed by atoms with Gasteiger partial charge in [0.1, 0.15) is 5.82 Å². The van der Waals surface area contributed by atoms with Crippen LogP contribution in [0.2, 0.25) is 0 Å². The smallest absolute Gasteiger partial charge is 0.307 e. The Morgan fingerprint density at radius 3 is 2.47 bits per heavy atom. The molecule has 6 nitrogen and oxygen atoms in total. The maximum Gasteiger partial charge on any atom is 0.416 e. The number of rotatable bonds is 6. The van der Waals surface area contributed by atoms with E-state index in [1.807, 2.05) is 0 Å². The van der Waals surface area contributed by atoms with Crippen molar-refractivity contribution in [2.24, 2.45) is 0 Å². The van der Waals surface area contributed by atoms with E-state index in [2.05, 4.69) is 21.6 Å². The molecule has 3 rings (SSSR count). The van der Waals surface area contributed by atoms with Gasteiger partial charge in [0.2, 0.25) is 0 Å². The van der Waals surface area contributed by atoms with Gasteiger partial charge in [0.05, 0.1) is 30.8 Å². The van der Waals surface area contributed by atoms with Gasteiger partial charge in [0.15, 0.2) is 0 Å². The molecule has 0 bridgehead atoms. The highest BCUT2D eigenvalue weighted by atomic mass is 35.5. The first-order chi connectivity index (χ1) is 16.0. The van der Waals surface area contributed by atoms with Crippen LogP contribution in [0.4, 0.5) is 23.7 Å². The fourth-order valence-electron chi connectivity index (χ4n) is 2.97. The van der Waals surface area contributed by atoms with Crippen LogP contribution in [0.25, 0.3) is 16.6 Å². The summed E-state index contributed by atoms with van der Waals surface area (Å²) in [4.78, 5) is 29.4. The van der Waals surface area contributed by atoms with Crippen LogP contribution in [-0.4, -0.2) is 15.6 Å². The molecule has 3 aromatic rings. The fraction of sp³-hybridized carbons (Fsp3) is 0.136. The lowest BCUT2D eigenvalue weighted by Crippen LogP contribution is -2.24. The third-order valence-electron chi connectivity index (χ3n) is 4.44. The molecule has 0 spiro atoms. The number of carbonyl (C=O) groups excluding carboxylic acids is 1. The van der Waals surface area contributed by atoms with E-state index in [0.717, 1.165) is 28.3 Å². The van der Waals surface area contributed by atoms with Crippen LogP contribution in [0.15, 0.2) is 68.5 Å². The summed E-state index contributed by atoms with van der Waals surface area (Å²) in [5.74, 6) is 0.310. The molecule has 0 unspecified atom stereocenters. The van der Waals surface area contributed by atoms with Crippen molar-refractivity contribution < 1.29 is 18.0 Å². The maximum absolute atomic E-state index is 13.1. The van der Waals surface area contributed by atoms with Crippen molar-refractivity contribution in [2.45, 2.75) is 20.0 Å². The molecule has 12 heteroatoms. The van der Waals surface area contributed by atoms with Crippen molar-refractivity contribution in [1.29, 1.82) is 0 Å². The van der Waals surface area contributed by atoms with Gasteiger partial charge in [0, 0.05) is 5.69 Å². The third kappa shape index (κ3) is 6.16. The number of hydrogen-bond donors (Lipinski definition) is 2. The zero-order valence-electron chi connectivity index (χ0n) is 17.9. The highest BCUT2D eigenvalue weighted by Gasteiger charge is 2.31. The van der Waals surface area contributed by atoms with Crippen LogP contribution in [0, 0.1) is 6.92 Å². The molecule has 0 saturated heterocycles. The largest absolute Gasteiger partial charge is 0.416 e. The van der Waals surface area contributed by atoms with Gasteiger partial charge in [-0.05, 0) is 68.3 Å². The number of halogens is 4. The number of thioether (sulfide) groups is 1. The zero-order valence-corrected chi connectivity index (χ0v) is 20.3. The van der Waals surface area contributed by atoms with Crippen LogP contribution in [-0.2, 0) is 6.18 Å². The van der Waals surface area contributed by atoms with Crippen molar-refractivity contribution in [3.05, 3.63) is 85.5 Å². The van der Waals surface area contributed by atoms with Gasteiger partial charge in [-0.15, -0.1) is 0 Å². The van der Waals surface area contributed by atoms with Crippen molar-refractivity contribution in [2.75, 3.05) is 5.32 Å². The van der Waals surface area contributed by atoms with Gasteiger partial charge in [-0.1, -0.05) is 36.0 Å². The summed E-state index contributed by atoms with van der Waals surface area (Å²) < 4.78 is 44.2. The lowest BCUT2D eigenvalue weighted by Gasteiger charge is -2.13. The summed E-state index contributed by atoms with van der Waals surface area (Å²) in [6.45, 7) is 6.96. The second-order valence-corrected chi connectivity index (χ2v) is 9.72. The predicted molar refractivity (Wildman–Crippen MR) is 133 cm³/mol. The molecule has 1 aromatic heterocycles. The number of benzene rings is 2. The predicted octanol–water partition coefficient (Wildman–Crippen LogP) is 6.79. The van der Waals surface area contributed by atoms with Crippen LogP contribution in [0.3, 0.4) is 0 Å². The van der Waals surface area contributed by atoms with Crippen LogP contribution in [0.5, 0.6) is 0 Å². The number of alkyl halides is 3. The molecule has 2 aromatic carbocycles. The molecule has 0 saturated carbocycles. The second-order valence-electron chi connectivity index (χ2n) is 6.80. The Hall–Kier alpha value is -2.89. The average molecular weight is 527 g/mol. The normalized spacial score (nSPS) is 12.0. The molecule has 0 aliphatic heterocycles. The third-order valence-corrected chi connectivity index (χ3v) is 6.55. The van der Waals surface area contributed by atoms with Crippen LogP contribution >= 0.6 is 35.3 Å². The minimum absolute atomic E-state index is 0.142. The Morgan fingerprint density at radius 2 is 1.88 bits per heavy atom. The Labute approximate surface area is 206 Å². The van der Waals surface area contributed by atoms with E-state index < -0.39 is 23.3 Å².